The zero-order valence-corrected chi connectivity index (χ0v) is 10.0. The van der Waals surface area contributed by atoms with Crippen LogP contribution in [0.15, 0.2) is 0 Å². The Labute approximate surface area is 93.2 Å². The molecule has 15 heavy (non-hydrogen) atoms. The van der Waals surface area contributed by atoms with Gasteiger partial charge in [-0.15, -0.1) is 0 Å². The van der Waals surface area contributed by atoms with Crippen LogP contribution in [0.3, 0.4) is 0 Å². The predicted octanol–water partition coefficient (Wildman–Crippen LogP) is 1.24. The molecule has 2 heterocycles. The zero-order chi connectivity index (χ0) is 10.7. The predicted molar refractivity (Wildman–Crippen MR) is 62.1 cm³/mol. The minimum absolute atomic E-state index is 0.438. The first-order valence-electron chi connectivity index (χ1n) is 6.36. The van der Waals surface area contributed by atoms with Gasteiger partial charge in [0.15, 0.2) is 0 Å². The Hall–Kier alpha value is -0.120. The summed E-state index contributed by atoms with van der Waals surface area (Å²) in [7, 11) is 0. The summed E-state index contributed by atoms with van der Waals surface area (Å²) in [6.45, 7) is 9.09. The van der Waals surface area contributed by atoms with E-state index in [9.17, 15) is 0 Å². The van der Waals surface area contributed by atoms with Gasteiger partial charge in [-0.3, -0.25) is 4.90 Å². The third-order valence-corrected chi connectivity index (χ3v) is 3.77. The van der Waals surface area contributed by atoms with Crippen LogP contribution in [-0.2, 0) is 4.74 Å². The molecule has 0 radical (unpaired) electrons. The van der Waals surface area contributed by atoms with E-state index in [-0.39, 0.29) is 0 Å². The van der Waals surface area contributed by atoms with Crippen LogP contribution in [0, 0.1) is 0 Å². The maximum absolute atomic E-state index is 5.66. The maximum Gasteiger partial charge on any atom is 0.0703 e. The van der Waals surface area contributed by atoms with Gasteiger partial charge in [-0.25, -0.2) is 0 Å². The molecule has 2 aliphatic heterocycles. The van der Waals surface area contributed by atoms with E-state index < -0.39 is 0 Å². The van der Waals surface area contributed by atoms with Crippen LogP contribution in [0.1, 0.15) is 33.1 Å². The van der Waals surface area contributed by atoms with Gasteiger partial charge in [0.1, 0.15) is 0 Å². The molecule has 3 atom stereocenters. The van der Waals surface area contributed by atoms with Crippen LogP contribution in [0.4, 0.5) is 0 Å². The molecule has 88 valence electrons. The highest BCUT2D eigenvalue weighted by Gasteiger charge is 2.30. The fourth-order valence-electron chi connectivity index (χ4n) is 2.74. The maximum atomic E-state index is 5.66. The van der Waals surface area contributed by atoms with E-state index in [2.05, 4.69) is 24.1 Å². The molecule has 0 saturated carbocycles. The summed E-state index contributed by atoms with van der Waals surface area (Å²) < 4.78 is 5.66. The highest BCUT2D eigenvalue weighted by molar-refractivity contribution is 4.84. The van der Waals surface area contributed by atoms with E-state index in [1.54, 1.807) is 0 Å². The van der Waals surface area contributed by atoms with E-state index in [1.165, 1.54) is 38.9 Å². The van der Waals surface area contributed by atoms with Crippen molar-refractivity contribution in [1.29, 1.82) is 0 Å². The molecule has 2 saturated heterocycles. The lowest BCUT2D eigenvalue weighted by molar-refractivity contribution is 0.0694. The van der Waals surface area contributed by atoms with E-state index in [0.29, 0.717) is 18.2 Å². The summed E-state index contributed by atoms with van der Waals surface area (Å²) in [6, 6.07) is 1.35. The second-order valence-electron chi connectivity index (χ2n) is 4.97. The van der Waals surface area contributed by atoms with Gasteiger partial charge in [0.25, 0.3) is 0 Å². The van der Waals surface area contributed by atoms with Crippen molar-refractivity contribution in [3.05, 3.63) is 0 Å². The molecule has 3 heteroatoms. The molecule has 0 spiro atoms. The molecule has 0 amide bonds. The summed E-state index contributed by atoms with van der Waals surface area (Å²) in [6.07, 6.45) is 4.20. The lowest BCUT2D eigenvalue weighted by atomic mass is 10.1. The molecule has 2 rings (SSSR count). The minimum Gasteiger partial charge on any atom is -0.377 e. The van der Waals surface area contributed by atoms with E-state index in [0.717, 1.165) is 6.61 Å². The molecule has 3 unspecified atom stereocenters. The minimum atomic E-state index is 0.438. The van der Waals surface area contributed by atoms with Crippen molar-refractivity contribution in [3.8, 4) is 0 Å². The van der Waals surface area contributed by atoms with E-state index in [4.69, 9.17) is 4.74 Å². The average Bonchev–Trinajstić information content (AvgIpc) is 2.59. The van der Waals surface area contributed by atoms with Gasteiger partial charge in [-0.2, -0.15) is 0 Å². The number of hydrogen-bond donors (Lipinski definition) is 1. The Balaban J connectivity index is 1.88. The second kappa shape index (κ2) is 5.28. The smallest absolute Gasteiger partial charge is 0.0703 e. The van der Waals surface area contributed by atoms with Crippen LogP contribution in [0.5, 0.6) is 0 Å². The van der Waals surface area contributed by atoms with E-state index in [1.807, 2.05) is 0 Å². The first-order valence-corrected chi connectivity index (χ1v) is 6.36. The lowest BCUT2D eigenvalue weighted by Crippen LogP contribution is -2.45. The summed E-state index contributed by atoms with van der Waals surface area (Å²) in [4.78, 5) is 2.65. The monoisotopic (exact) mass is 212 g/mol. The Morgan fingerprint density at radius 1 is 1.20 bits per heavy atom. The molecule has 0 aromatic heterocycles. The van der Waals surface area contributed by atoms with Crippen molar-refractivity contribution in [1.82, 2.24) is 10.2 Å². The molecule has 0 aromatic carbocycles. The molecule has 3 nitrogen and oxygen atoms in total. The van der Waals surface area contributed by atoms with Crippen molar-refractivity contribution < 1.29 is 4.74 Å². The lowest BCUT2D eigenvalue weighted by Gasteiger charge is -2.33. The molecule has 0 bridgehead atoms. The molecule has 0 aromatic rings. The molecule has 0 aliphatic carbocycles. The number of hydrogen-bond acceptors (Lipinski definition) is 3. The summed E-state index contributed by atoms with van der Waals surface area (Å²) in [5.41, 5.74) is 0. The number of nitrogens with zero attached hydrogens (tertiary/aromatic N) is 1. The average molecular weight is 212 g/mol. The highest BCUT2D eigenvalue weighted by Crippen LogP contribution is 2.20. The number of ether oxygens (including phenoxy) is 1. The zero-order valence-electron chi connectivity index (χ0n) is 10.0. The first-order chi connectivity index (χ1) is 7.27. The highest BCUT2D eigenvalue weighted by atomic mass is 16.5. The van der Waals surface area contributed by atoms with Crippen LogP contribution in [0.2, 0.25) is 0 Å². The topological polar surface area (TPSA) is 24.5 Å². The molecule has 2 fully saturated rings. The quantitative estimate of drug-likeness (QED) is 0.708. The van der Waals surface area contributed by atoms with Gasteiger partial charge < -0.3 is 10.1 Å². The molecule has 1 N–H and O–H groups in total. The van der Waals surface area contributed by atoms with Crippen LogP contribution in [0.25, 0.3) is 0 Å². The molecular formula is C12H24N2O. The normalized spacial score (nSPS) is 40.0. The largest absolute Gasteiger partial charge is 0.377 e. The van der Waals surface area contributed by atoms with Crippen molar-refractivity contribution in [2.45, 2.75) is 51.3 Å². The van der Waals surface area contributed by atoms with Gasteiger partial charge in [-0.05, 0) is 46.2 Å². The van der Waals surface area contributed by atoms with Gasteiger partial charge in [-0.1, -0.05) is 0 Å². The Bertz CT molecular complexity index is 198. The Morgan fingerprint density at radius 2 is 2.07 bits per heavy atom. The third kappa shape index (κ3) is 2.92. The van der Waals surface area contributed by atoms with Gasteiger partial charge in [0, 0.05) is 25.2 Å². The Morgan fingerprint density at radius 3 is 2.80 bits per heavy atom. The van der Waals surface area contributed by atoms with E-state index >= 15 is 0 Å². The van der Waals surface area contributed by atoms with Crippen LogP contribution < -0.4 is 5.32 Å². The van der Waals surface area contributed by atoms with Crippen LogP contribution >= 0.6 is 0 Å². The number of nitrogens with one attached hydrogen (secondary N) is 1. The van der Waals surface area contributed by atoms with Crippen molar-refractivity contribution in [2.24, 2.45) is 0 Å². The number of rotatable bonds is 1. The SMILES string of the molecule is CC1CCN(C2CCOC2C)CCCN1. The summed E-state index contributed by atoms with van der Waals surface area (Å²) in [5, 5.41) is 3.55. The van der Waals surface area contributed by atoms with Crippen molar-refractivity contribution in [3.63, 3.8) is 0 Å². The summed E-state index contributed by atoms with van der Waals surface area (Å²) >= 11 is 0. The third-order valence-electron chi connectivity index (χ3n) is 3.77. The summed E-state index contributed by atoms with van der Waals surface area (Å²) in [5.74, 6) is 0. The van der Waals surface area contributed by atoms with Crippen molar-refractivity contribution in [2.75, 3.05) is 26.2 Å². The van der Waals surface area contributed by atoms with Crippen molar-refractivity contribution >= 4 is 0 Å². The standard InChI is InChI=1S/C12H24N2O/c1-10-4-8-14(7-3-6-13-10)12-5-9-15-11(12)2/h10-13H,3-9H2,1-2H3. The fraction of sp³-hybridized carbons (Fsp3) is 1.00. The fourth-order valence-corrected chi connectivity index (χ4v) is 2.74. The van der Waals surface area contributed by atoms with Gasteiger partial charge in [0.2, 0.25) is 0 Å². The molecule has 2 aliphatic rings. The Kier molecular flexibility index (Phi) is 4.00. The van der Waals surface area contributed by atoms with Gasteiger partial charge in [0.05, 0.1) is 6.10 Å². The second-order valence-corrected chi connectivity index (χ2v) is 4.97. The molecular weight excluding hydrogens is 188 g/mol. The van der Waals surface area contributed by atoms with Gasteiger partial charge >= 0.3 is 0 Å². The van der Waals surface area contributed by atoms with Crippen LogP contribution in [-0.4, -0.2) is 49.3 Å². The first kappa shape index (κ1) is 11.4.